The zero-order valence-electron chi connectivity index (χ0n) is 11.1. The smallest absolute Gasteiger partial charge is 0.272 e. The zero-order chi connectivity index (χ0) is 14.1. The van der Waals surface area contributed by atoms with Crippen LogP contribution in [0.2, 0.25) is 5.02 Å². The molecule has 104 valence electrons. The number of benzene rings is 1. The van der Waals surface area contributed by atoms with Crippen molar-refractivity contribution in [3.8, 4) is 0 Å². The van der Waals surface area contributed by atoms with Gasteiger partial charge in [0.25, 0.3) is 5.91 Å². The number of hydrogen-bond donors (Lipinski definition) is 2. The lowest BCUT2D eigenvalue weighted by Crippen LogP contribution is -2.24. The van der Waals surface area contributed by atoms with Crippen LogP contribution in [0, 0.1) is 0 Å². The quantitative estimate of drug-likeness (QED) is 0.903. The maximum atomic E-state index is 12.2. The van der Waals surface area contributed by atoms with Crippen LogP contribution in [0.5, 0.6) is 0 Å². The molecule has 0 bridgehead atoms. The van der Waals surface area contributed by atoms with Gasteiger partial charge >= 0.3 is 0 Å². The molecule has 6 heteroatoms. The molecule has 0 spiro atoms. The predicted octanol–water partition coefficient (Wildman–Crippen LogP) is 1.61. The van der Waals surface area contributed by atoms with E-state index in [-0.39, 0.29) is 5.91 Å². The summed E-state index contributed by atoms with van der Waals surface area (Å²) in [6.45, 7) is 1.94. The molecule has 1 aromatic heterocycles. The number of amides is 1. The highest BCUT2D eigenvalue weighted by Crippen LogP contribution is 2.18. The third-order valence-corrected chi connectivity index (χ3v) is 3.70. The van der Waals surface area contributed by atoms with Gasteiger partial charge in [-0.3, -0.25) is 9.48 Å². The minimum Gasteiger partial charge on any atom is -0.347 e. The van der Waals surface area contributed by atoms with Gasteiger partial charge < -0.3 is 10.6 Å². The first kappa shape index (κ1) is 13.1. The molecule has 5 nitrogen and oxygen atoms in total. The van der Waals surface area contributed by atoms with E-state index in [1.807, 2.05) is 31.3 Å². The first-order valence-corrected chi connectivity index (χ1v) is 6.81. The topological polar surface area (TPSA) is 59.0 Å². The molecule has 2 aromatic rings. The summed E-state index contributed by atoms with van der Waals surface area (Å²) < 4.78 is 1.77. The molecule has 2 heterocycles. The minimum atomic E-state index is -0.138. The summed E-state index contributed by atoms with van der Waals surface area (Å²) in [6, 6.07) is 7.41. The molecule has 0 aliphatic carbocycles. The fourth-order valence-corrected chi connectivity index (χ4v) is 2.49. The maximum Gasteiger partial charge on any atom is 0.272 e. The molecule has 1 aliphatic heterocycles. The molecule has 1 aromatic carbocycles. The Morgan fingerprint density at radius 2 is 2.15 bits per heavy atom. The molecule has 20 heavy (non-hydrogen) atoms. The average molecular weight is 291 g/mol. The van der Waals surface area contributed by atoms with E-state index in [9.17, 15) is 4.79 Å². The normalized spacial score (nSPS) is 13.3. The summed E-state index contributed by atoms with van der Waals surface area (Å²) in [5.41, 5.74) is 3.61. The summed E-state index contributed by atoms with van der Waals surface area (Å²) in [5.74, 6) is -0.138. The molecule has 0 radical (unpaired) electrons. The lowest BCUT2D eigenvalue weighted by Gasteiger charge is -2.04. The van der Waals surface area contributed by atoms with E-state index in [4.69, 9.17) is 11.6 Å². The molecule has 0 fully saturated rings. The highest BCUT2D eigenvalue weighted by atomic mass is 35.5. The van der Waals surface area contributed by atoms with Crippen LogP contribution >= 0.6 is 11.6 Å². The van der Waals surface area contributed by atoms with Gasteiger partial charge in [-0.15, -0.1) is 0 Å². The first-order valence-electron chi connectivity index (χ1n) is 6.43. The van der Waals surface area contributed by atoms with Gasteiger partial charge in [0.1, 0.15) is 0 Å². The maximum absolute atomic E-state index is 12.2. The summed E-state index contributed by atoms with van der Waals surface area (Å²) in [7, 11) is 1.86. The van der Waals surface area contributed by atoms with E-state index in [2.05, 4.69) is 15.7 Å². The Kier molecular flexibility index (Phi) is 3.46. The molecule has 0 unspecified atom stereocenters. The molecular formula is C14H15ClN4O. The molecule has 1 amide bonds. The lowest BCUT2D eigenvalue weighted by atomic mass is 10.2. The van der Waals surface area contributed by atoms with E-state index in [0.717, 1.165) is 23.4 Å². The third kappa shape index (κ3) is 2.42. The van der Waals surface area contributed by atoms with Gasteiger partial charge in [-0.2, -0.15) is 5.10 Å². The van der Waals surface area contributed by atoms with Crippen LogP contribution in [0.25, 0.3) is 0 Å². The molecule has 2 N–H and O–H groups in total. The van der Waals surface area contributed by atoms with E-state index in [1.54, 1.807) is 4.68 Å². The van der Waals surface area contributed by atoms with Crippen molar-refractivity contribution in [2.75, 3.05) is 0 Å². The van der Waals surface area contributed by atoms with Gasteiger partial charge in [-0.25, -0.2) is 0 Å². The number of carbonyl (C=O) groups excluding carboxylic acids is 1. The van der Waals surface area contributed by atoms with Crippen molar-refractivity contribution in [1.82, 2.24) is 20.4 Å². The van der Waals surface area contributed by atoms with Gasteiger partial charge in [0.2, 0.25) is 0 Å². The fraction of sp³-hybridized carbons (Fsp3) is 0.286. The van der Waals surface area contributed by atoms with Crippen LogP contribution in [0.15, 0.2) is 24.3 Å². The number of fused-ring (bicyclic) bond motifs is 1. The van der Waals surface area contributed by atoms with Crippen molar-refractivity contribution in [2.24, 2.45) is 7.05 Å². The van der Waals surface area contributed by atoms with Gasteiger partial charge in [0, 0.05) is 37.3 Å². The first-order chi connectivity index (χ1) is 9.65. The SMILES string of the molecule is Cn1nc(C(=O)NCc2ccc(Cl)cc2)c2c1CNC2. The number of halogens is 1. The Morgan fingerprint density at radius 1 is 1.40 bits per heavy atom. The minimum absolute atomic E-state index is 0.138. The monoisotopic (exact) mass is 290 g/mol. The summed E-state index contributed by atoms with van der Waals surface area (Å²) in [6.07, 6.45) is 0. The fourth-order valence-electron chi connectivity index (χ4n) is 2.37. The van der Waals surface area contributed by atoms with Crippen molar-refractivity contribution in [3.63, 3.8) is 0 Å². The van der Waals surface area contributed by atoms with E-state index >= 15 is 0 Å². The number of aryl methyl sites for hydroxylation is 1. The molecule has 0 saturated carbocycles. The largest absolute Gasteiger partial charge is 0.347 e. The van der Waals surface area contributed by atoms with Gasteiger partial charge in [0.15, 0.2) is 5.69 Å². The Morgan fingerprint density at radius 3 is 2.90 bits per heavy atom. The number of nitrogens with one attached hydrogen (secondary N) is 2. The van der Waals surface area contributed by atoms with Crippen molar-refractivity contribution >= 4 is 17.5 Å². The van der Waals surface area contributed by atoms with Crippen LogP contribution in [0.1, 0.15) is 27.3 Å². The second kappa shape index (κ2) is 5.26. The van der Waals surface area contributed by atoms with E-state index in [1.165, 1.54) is 0 Å². The Balaban J connectivity index is 1.71. The number of carbonyl (C=O) groups is 1. The Hall–Kier alpha value is -1.85. The number of nitrogens with zero attached hydrogens (tertiary/aromatic N) is 2. The summed E-state index contributed by atoms with van der Waals surface area (Å²) in [4.78, 5) is 12.2. The standard InChI is InChI=1S/C14H15ClN4O/c1-19-12-8-16-7-11(12)13(18-19)14(20)17-6-9-2-4-10(15)5-3-9/h2-5,16H,6-8H2,1H3,(H,17,20). The lowest BCUT2D eigenvalue weighted by molar-refractivity contribution is 0.0944. The van der Waals surface area contributed by atoms with Crippen molar-refractivity contribution in [1.29, 1.82) is 0 Å². The summed E-state index contributed by atoms with van der Waals surface area (Å²) >= 11 is 5.83. The zero-order valence-corrected chi connectivity index (χ0v) is 11.9. The molecule has 0 atom stereocenters. The van der Waals surface area contributed by atoms with Crippen LogP contribution in [-0.4, -0.2) is 15.7 Å². The third-order valence-electron chi connectivity index (χ3n) is 3.45. The highest BCUT2D eigenvalue weighted by molar-refractivity contribution is 6.30. The van der Waals surface area contributed by atoms with Crippen molar-refractivity contribution in [2.45, 2.75) is 19.6 Å². The molecule has 1 aliphatic rings. The highest BCUT2D eigenvalue weighted by Gasteiger charge is 2.24. The Labute approximate surface area is 121 Å². The second-order valence-corrected chi connectivity index (χ2v) is 5.25. The van der Waals surface area contributed by atoms with Crippen LogP contribution in [0.3, 0.4) is 0 Å². The molecular weight excluding hydrogens is 276 g/mol. The Bertz CT molecular complexity index is 648. The van der Waals surface area contributed by atoms with Gasteiger partial charge in [-0.1, -0.05) is 23.7 Å². The average Bonchev–Trinajstić information content (AvgIpc) is 3.02. The van der Waals surface area contributed by atoms with Gasteiger partial charge in [0.05, 0.1) is 5.69 Å². The van der Waals surface area contributed by atoms with Crippen molar-refractivity contribution < 1.29 is 4.79 Å². The summed E-state index contributed by atoms with van der Waals surface area (Å²) in [5, 5.41) is 11.1. The molecule has 0 saturated heterocycles. The van der Waals surface area contributed by atoms with E-state index < -0.39 is 0 Å². The predicted molar refractivity (Wildman–Crippen MR) is 76.4 cm³/mol. The number of rotatable bonds is 3. The van der Waals surface area contributed by atoms with Crippen LogP contribution < -0.4 is 10.6 Å². The molecule has 3 rings (SSSR count). The number of aromatic nitrogens is 2. The number of hydrogen-bond acceptors (Lipinski definition) is 3. The van der Waals surface area contributed by atoms with E-state index in [0.29, 0.717) is 23.8 Å². The van der Waals surface area contributed by atoms with Gasteiger partial charge in [-0.05, 0) is 17.7 Å². The van der Waals surface area contributed by atoms with Crippen LogP contribution in [-0.2, 0) is 26.7 Å². The van der Waals surface area contributed by atoms with Crippen LogP contribution in [0.4, 0.5) is 0 Å². The van der Waals surface area contributed by atoms with Crippen molar-refractivity contribution in [3.05, 3.63) is 51.8 Å². The second-order valence-electron chi connectivity index (χ2n) is 4.81.